The third-order valence-electron chi connectivity index (χ3n) is 3.23. The van der Waals surface area contributed by atoms with Crippen molar-refractivity contribution in [2.24, 2.45) is 0 Å². The van der Waals surface area contributed by atoms with Crippen molar-refractivity contribution in [3.8, 4) is 0 Å². The zero-order valence-electron chi connectivity index (χ0n) is 12.1. The Hall–Kier alpha value is -1.71. The fourth-order valence-electron chi connectivity index (χ4n) is 2.18. The van der Waals surface area contributed by atoms with Crippen molar-refractivity contribution >= 4 is 11.8 Å². The van der Waals surface area contributed by atoms with Crippen LogP contribution in [-0.4, -0.2) is 36.2 Å². The van der Waals surface area contributed by atoms with Gasteiger partial charge >= 0.3 is 6.09 Å². The predicted molar refractivity (Wildman–Crippen MR) is 76.4 cm³/mol. The van der Waals surface area contributed by atoms with Crippen molar-refractivity contribution < 1.29 is 9.53 Å². The molecule has 2 rings (SSSR count). The number of carbonyl (C=O) groups is 1. The van der Waals surface area contributed by atoms with Crippen molar-refractivity contribution in [3.63, 3.8) is 0 Å². The first-order valence-corrected chi connectivity index (χ1v) is 6.64. The van der Waals surface area contributed by atoms with Crippen LogP contribution in [0.15, 0.2) is 24.3 Å². The number of likely N-dealkylation sites (N-methyl/N-ethyl adjacent to an activating group) is 1. The van der Waals surface area contributed by atoms with Gasteiger partial charge < -0.3 is 15.0 Å². The summed E-state index contributed by atoms with van der Waals surface area (Å²) in [6.07, 6.45) is 0.595. The van der Waals surface area contributed by atoms with E-state index >= 15 is 0 Å². The van der Waals surface area contributed by atoms with Gasteiger partial charge in [-0.15, -0.1) is 0 Å². The maximum Gasteiger partial charge on any atom is 0.410 e. The smallest absolute Gasteiger partial charge is 0.410 e. The van der Waals surface area contributed by atoms with Gasteiger partial charge in [0.2, 0.25) is 0 Å². The number of rotatable bonds is 1. The molecule has 0 spiro atoms. The standard InChI is InChI=1S/C15H22N2O2/c1-15(2,3)19-14(18)17(4)12-9-11-7-5-6-8-13(11)16-10-12/h5-8,12,16H,9-10H2,1-4H3. The number of anilines is 1. The Morgan fingerprint density at radius 1 is 1.37 bits per heavy atom. The molecule has 19 heavy (non-hydrogen) atoms. The maximum atomic E-state index is 12.0. The monoisotopic (exact) mass is 262 g/mol. The average Bonchev–Trinajstić information content (AvgIpc) is 2.35. The SMILES string of the molecule is CN(C(=O)OC(C)(C)C)C1CNc2ccccc2C1. The van der Waals surface area contributed by atoms with E-state index in [4.69, 9.17) is 4.74 Å². The molecule has 4 heteroatoms. The van der Waals surface area contributed by atoms with Crippen LogP contribution in [-0.2, 0) is 11.2 Å². The Bertz CT molecular complexity index is 465. The van der Waals surface area contributed by atoms with E-state index in [0.29, 0.717) is 0 Å². The molecule has 1 unspecified atom stereocenters. The molecule has 0 saturated carbocycles. The highest BCUT2D eigenvalue weighted by Gasteiger charge is 2.28. The molecular formula is C15H22N2O2. The minimum atomic E-state index is -0.453. The van der Waals surface area contributed by atoms with E-state index in [9.17, 15) is 4.79 Å². The van der Waals surface area contributed by atoms with E-state index in [0.717, 1.165) is 18.7 Å². The van der Waals surface area contributed by atoms with Crippen LogP contribution in [0.4, 0.5) is 10.5 Å². The number of para-hydroxylation sites is 1. The van der Waals surface area contributed by atoms with Crippen molar-refractivity contribution in [2.75, 3.05) is 18.9 Å². The van der Waals surface area contributed by atoms with Gasteiger partial charge in [-0.25, -0.2) is 4.79 Å². The van der Waals surface area contributed by atoms with Crippen LogP contribution < -0.4 is 5.32 Å². The molecule has 1 aromatic carbocycles. The van der Waals surface area contributed by atoms with Crippen LogP contribution in [0.25, 0.3) is 0 Å². The van der Waals surface area contributed by atoms with Crippen LogP contribution in [0, 0.1) is 0 Å². The molecular weight excluding hydrogens is 240 g/mol. The van der Waals surface area contributed by atoms with Crippen LogP contribution in [0.5, 0.6) is 0 Å². The predicted octanol–water partition coefficient (Wildman–Crippen LogP) is 2.89. The lowest BCUT2D eigenvalue weighted by Crippen LogP contribution is -2.46. The number of nitrogens with one attached hydrogen (secondary N) is 1. The second kappa shape index (κ2) is 5.11. The molecule has 0 bridgehead atoms. The highest BCUT2D eigenvalue weighted by molar-refractivity contribution is 5.69. The van der Waals surface area contributed by atoms with E-state index in [1.165, 1.54) is 5.56 Å². The molecule has 0 saturated heterocycles. The van der Waals surface area contributed by atoms with Gasteiger partial charge in [0.1, 0.15) is 5.60 Å². The zero-order valence-corrected chi connectivity index (χ0v) is 12.1. The summed E-state index contributed by atoms with van der Waals surface area (Å²) in [5, 5.41) is 3.36. The number of nitrogens with zero attached hydrogens (tertiary/aromatic N) is 1. The molecule has 0 aliphatic carbocycles. The van der Waals surface area contributed by atoms with E-state index in [-0.39, 0.29) is 12.1 Å². The first-order valence-electron chi connectivity index (χ1n) is 6.64. The lowest BCUT2D eigenvalue weighted by atomic mass is 9.99. The van der Waals surface area contributed by atoms with E-state index in [2.05, 4.69) is 17.4 Å². The van der Waals surface area contributed by atoms with Crippen LogP contribution in [0.2, 0.25) is 0 Å². The Labute approximate surface area is 114 Å². The van der Waals surface area contributed by atoms with Crippen molar-refractivity contribution in [3.05, 3.63) is 29.8 Å². The molecule has 1 aliphatic heterocycles. The third kappa shape index (κ3) is 3.40. The topological polar surface area (TPSA) is 41.6 Å². The minimum Gasteiger partial charge on any atom is -0.444 e. The van der Waals surface area contributed by atoms with Crippen molar-refractivity contribution in [1.82, 2.24) is 4.90 Å². The van der Waals surface area contributed by atoms with E-state index in [1.807, 2.05) is 32.9 Å². The molecule has 0 radical (unpaired) electrons. The summed E-state index contributed by atoms with van der Waals surface area (Å²) < 4.78 is 5.40. The van der Waals surface area contributed by atoms with Crippen LogP contribution in [0.3, 0.4) is 0 Å². The fraction of sp³-hybridized carbons (Fsp3) is 0.533. The molecule has 104 valence electrons. The normalized spacial score (nSPS) is 18.2. The first kappa shape index (κ1) is 13.7. The molecule has 0 aromatic heterocycles. The number of hydrogen-bond donors (Lipinski definition) is 1. The number of fused-ring (bicyclic) bond motifs is 1. The Morgan fingerprint density at radius 2 is 2.05 bits per heavy atom. The number of hydrogen-bond acceptors (Lipinski definition) is 3. The molecule has 1 atom stereocenters. The number of carbonyl (C=O) groups excluding carboxylic acids is 1. The molecule has 1 N–H and O–H groups in total. The van der Waals surface area contributed by atoms with Gasteiger partial charge in [-0.3, -0.25) is 0 Å². The molecule has 1 heterocycles. The second-order valence-corrected chi connectivity index (χ2v) is 5.99. The van der Waals surface area contributed by atoms with Gasteiger partial charge in [0, 0.05) is 19.3 Å². The molecule has 1 aliphatic rings. The highest BCUT2D eigenvalue weighted by atomic mass is 16.6. The van der Waals surface area contributed by atoms with Crippen molar-refractivity contribution in [2.45, 2.75) is 38.8 Å². The molecule has 1 aromatic rings. The Balaban J connectivity index is 2.02. The Kier molecular flexibility index (Phi) is 3.69. The minimum absolute atomic E-state index is 0.129. The largest absolute Gasteiger partial charge is 0.444 e. The summed E-state index contributed by atoms with van der Waals surface area (Å²) in [6, 6.07) is 8.33. The van der Waals surface area contributed by atoms with Gasteiger partial charge in [-0.05, 0) is 38.8 Å². The van der Waals surface area contributed by atoms with Gasteiger partial charge in [0.15, 0.2) is 0 Å². The molecule has 4 nitrogen and oxygen atoms in total. The number of amides is 1. The molecule has 1 amide bonds. The van der Waals surface area contributed by atoms with Crippen LogP contribution in [0.1, 0.15) is 26.3 Å². The van der Waals surface area contributed by atoms with Gasteiger partial charge in [-0.1, -0.05) is 18.2 Å². The summed E-state index contributed by atoms with van der Waals surface area (Å²) in [5.41, 5.74) is 1.95. The van der Waals surface area contributed by atoms with Gasteiger partial charge in [-0.2, -0.15) is 0 Å². The molecule has 0 fully saturated rings. The summed E-state index contributed by atoms with van der Waals surface area (Å²) in [4.78, 5) is 13.7. The zero-order chi connectivity index (χ0) is 14.0. The lowest BCUT2D eigenvalue weighted by Gasteiger charge is -2.34. The highest BCUT2D eigenvalue weighted by Crippen LogP contribution is 2.23. The number of ether oxygens (including phenoxy) is 1. The average molecular weight is 262 g/mol. The summed E-state index contributed by atoms with van der Waals surface area (Å²) >= 11 is 0. The summed E-state index contributed by atoms with van der Waals surface area (Å²) in [7, 11) is 1.80. The van der Waals surface area contributed by atoms with E-state index < -0.39 is 5.60 Å². The first-order chi connectivity index (χ1) is 8.87. The second-order valence-electron chi connectivity index (χ2n) is 5.99. The summed E-state index contributed by atoms with van der Waals surface area (Å²) in [6.45, 7) is 6.40. The van der Waals surface area contributed by atoms with Crippen molar-refractivity contribution in [1.29, 1.82) is 0 Å². The third-order valence-corrected chi connectivity index (χ3v) is 3.23. The summed E-state index contributed by atoms with van der Waals surface area (Å²) in [5.74, 6) is 0. The lowest BCUT2D eigenvalue weighted by molar-refractivity contribution is 0.0229. The van der Waals surface area contributed by atoms with Gasteiger partial charge in [0.05, 0.1) is 6.04 Å². The van der Waals surface area contributed by atoms with E-state index in [1.54, 1.807) is 11.9 Å². The fourth-order valence-corrected chi connectivity index (χ4v) is 2.18. The Morgan fingerprint density at radius 3 is 2.74 bits per heavy atom. The number of benzene rings is 1. The quantitative estimate of drug-likeness (QED) is 0.846. The maximum absolute atomic E-state index is 12.0. The van der Waals surface area contributed by atoms with Gasteiger partial charge in [0.25, 0.3) is 0 Å². The van der Waals surface area contributed by atoms with Crippen LogP contribution >= 0.6 is 0 Å².